The van der Waals surface area contributed by atoms with Gasteiger partial charge < -0.3 is 24.8 Å². The highest BCUT2D eigenvalue weighted by molar-refractivity contribution is 5.98. The van der Waals surface area contributed by atoms with Crippen LogP contribution in [0.3, 0.4) is 0 Å². The highest BCUT2D eigenvalue weighted by Gasteiger charge is 2.34. The summed E-state index contributed by atoms with van der Waals surface area (Å²) in [5.74, 6) is -0.643. The van der Waals surface area contributed by atoms with Crippen molar-refractivity contribution in [3.63, 3.8) is 0 Å². The standard InChI is InChI=1S/C31H34FN5O5/c1-5-40-29(38)24-17-35-37-18-25(19-9-7-6-8-10-19)26(14-27(24)37)33-15-20-11-21(32)16-34-28(20)41-23-12-22(13-23)36-30(39)42-31(2,3)4/h6-11,14,16-18,22-23,33H,5,12-13,15H2,1-4H3,(H,36,39)/t22-,23+. The van der Waals surface area contributed by atoms with Gasteiger partial charge in [-0.05, 0) is 45.4 Å². The fourth-order valence-electron chi connectivity index (χ4n) is 4.69. The number of aromatic nitrogens is 3. The van der Waals surface area contributed by atoms with Crippen LogP contribution >= 0.6 is 0 Å². The summed E-state index contributed by atoms with van der Waals surface area (Å²) in [5, 5.41) is 10.6. The molecule has 1 aliphatic rings. The summed E-state index contributed by atoms with van der Waals surface area (Å²) in [4.78, 5) is 28.8. The van der Waals surface area contributed by atoms with E-state index in [9.17, 15) is 14.0 Å². The smallest absolute Gasteiger partial charge is 0.407 e. The number of nitrogens with one attached hydrogen (secondary N) is 2. The van der Waals surface area contributed by atoms with Crippen molar-refractivity contribution in [1.29, 1.82) is 0 Å². The van der Waals surface area contributed by atoms with E-state index in [-0.39, 0.29) is 25.3 Å². The second kappa shape index (κ2) is 12.1. The summed E-state index contributed by atoms with van der Waals surface area (Å²) >= 11 is 0. The summed E-state index contributed by atoms with van der Waals surface area (Å²) < 4.78 is 32.6. The lowest BCUT2D eigenvalue weighted by Crippen LogP contribution is -2.50. The van der Waals surface area contributed by atoms with Crippen LogP contribution in [0.2, 0.25) is 0 Å². The van der Waals surface area contributed by atoms with E-state index in [4.69, 9.17) is 14.2 Å². The van der Waals surface area contributed by atoms with Crippen molar-refractivity contribution in [3.8, 4) is 17.0 Å². The Kier molecular flexibility index (Phi) is 8.28. The molecule has 1 fully saturated rings. The first-order valence-electron chi connectivity index (χ1n) is 13.9. The Balaban J connectivity index is 1.34. The van der Waals surface area contributed by atoms with Gasteiger partial charge in [-0.1, -0.05) is 30.3 Å². The Morgan fingerprint density at radius 1 is 1.12 bits per heavy atom. The third-order valence-corrected chi connectivity index (χ3v) is 6.69. The van der Waals surface area contributed by atoms with E-state index in [2.05, 4.69) is 20.7 Å². The first kappa shape index (κ1) is 28.8. The summed E-state index contributed by atoms with van der Waals surface area (Å²) in [6.07, 6.45) is 4.95. The average Bonchev–Trinajstić information content (AvgIpc) is 3.34. The maximum atomic E-state index is 14.3. The molecule has 4 aromatic rings. The second-order valence-electron chi connectivity index (χ2n) is 11.1. The molecule has 0 bridgehead atoms. The second-order valence-corrected chi connectivity index (χ2v) is 11.1. The number of carbonyl (C=O) groups excluding carboxylic acids is 2. The number of amides is 1. The molecule has 0 unspecified atom stereocenters. The number of nitrogens with zero attached hydrogens (tertiary/aromatic N) is 3. The zero-order chi connectivity index (χ0) is 29.9. The zero-order valence-electron chi connectivity index (χ0n) is 24.0. The van der Waals surface area contributed by atoms with E-state index in [0.29, 0.717) is 41.1 Å². The Labute approximate surface area is 243 Å². The molecule has 11 heteroatoms. The van der Waals surface area contributed by atoms with Crippen molar-refractivity contribution in [3.05, 3.63) is 78.0 Å². The monoisotopic (exact) mass is 575 g/mol. The van der Waals surface area contributed by atoms with Gasteiger partial charge in [0.05, 0.1) is 24.5 Å². The normalized spacial score (nSPS) is 16.4. The van der Waals surface area contributed by atoms with Crippen molar-refractivity contribution in [2.24, 2.45) is 0 Å². The molecule has 10 nitrogen and oxygen atoms in total. The Morgan fingerprint density at radius 3 is 2.60 bits per heavy atom. The number of esters is 1. The molecule has 3 aromatic heterocycles. The Morgan fingerprint density at radius 2 is 1.88 bits per heavy atom. The van der Waals surface area contributed by atoms with Gasteiger partial charge in [-0.25, -0.2) is 23.5 Å². The van der Waals surface area contributed by atoms with Gasteiger partial charge in [-0.15, -0.1) is 0 Å². The van der Waals surface area contributed by atoms with Gasteiger partial charge >= 0.3 is 12.1 Å². The number of benzene rings is 1. The number of hydrogen-bond acceptors (Lipinski definition) is 8. The molecule has 1 aliphatic carbocycles. The molecule has 5 rings (SSSR count). The van der Waals surface area contributed by atoms with Gasteiger partial charge in [0, 0.05) is 48.4 Å². The molecule has 2 N–H and O–H groups in total. The topological polar surface area (TPSA) is 116 Å². The van der Waals surface area contributed by atoms with Crippen molar-refractivity contribution in [1.82, 2.24) is 19.9 Å². The van der Waals surface area contributed by atoms with Crippen LogP contribution in [-0.2, 0) is 16.0 Å². The molecular formula is C31H34FN5O5. The van der Waals surface area contributed by atoms with Crippen LogP contribution in [0.25, 0.3) is 16.6 Å². The molecule has 3 heterocycles. The first-order valence-corrected chi connectivity index (χ1v) is 13.9. The number of pyridine rings is 2. The third-order valence-electron chi connectivity index (χ3n) is 6.69. The fraction of sp³-hybridized carbons (Fsp3) is 0.355. The van der Waals surface area contributed by atoms with Gasteiger partial charge in [0.15, 0.2) is 0 Å². The predicted molar refractivity (Wildman–Crippen MR) is 155 cm³/mol. The summed E-state index contributed by atoms with van der Waals surface area (Å²) in [7, 11) is 0. The number of fused-ring (bicyclic) bond motifs is 1. The highest BCUT2D eigenvalue weighted by Crippen LogP contribution is 2.32. The molecule has 0 spiro atoms. The molecule has 1 amide bonds. The maximum Gasteiger partial charge on any atom is 0.407 e. The highest BCUT2D eigenvalue weighted by atomic mass is 19.1. The molecule has 0 radical (unpaired) electrons. The van der Waals surface area contributed by atoms with Crippen molar-refractivity contribution in [2.75, 3.05) is 11.9 Å². The molecule has 42 heavy (non-hydrogen) atoms. The third kappa shape index (κ3) is 6.79. The zero-order valence-corrected chi connectivity index (χ0v) is 24.0. The molecule has 1 aromatic carbocycles. The number of carbonyl (C=O) groups is 2. The molecule has 0 aliphatic heterocycles. The van der Waals surface area contributed by atoms with Gasteiger partial charge in [-0.3, -0.25) is 0 Å². The van der Waals surface area contributed by atoms with Crippen LogP contribution in [0.15, 0.2) is 61.1 Å². The molecule has 0 atom stereocenters. The van der Waals surface area contributed by atoms with E-state index >= 15 is 0 Å². The predicted octanol–water partition coefficient (Wildman–Crippen LogP) is 5.76. The minimum absolute atomic E-state index is 0.0729. The fourth-order valence-corrected chi connectivity index (χ4v) is 4.69. The number of anilines is 1. The SMILES string of the molecule is CCOC(=O)c1cnn2cc(-c3ccccc3)c(NCc3cc(F)cnc3O[C@H]3C[C@@H](NC(=O)OC(C)(C)C)C3)cc12. The van der Waals surface area contributed by atoms with Gasteiger partial charge in [0.25, 0.3) is 0 Å². The van der Waals surface area contributed by atoms with Crippen LogP contribution in [0.4, 0.5) is 14.9 Å². The van der Waals surface area contributed by atoms with Crippen molar-refractivity contribution < 1.29 is 28.2 Å². The number of alkyl carbamates (subject to hydrolysis) is 1. The molecular weight excluding hydrogens is 541 g/mol. The van der Waals surface area contributed by atoms with Crippen molar-refractivity contribution >= 4 is 23.3 Å². The first-order chi connectivity index (χ1) is 20.1. The van der Waals surface area contributed by atoms with Crippen LogP contribution in [0.1, 0.15) is 56.5 Å². The summed E-state index contributed by atoms with van der Waals surface area (Å²) in [6, 6.07) is 12.9. The van der Waals surface area contributed by atoms with Crippen LogP contribution in [-0.4, -0.2) is 51.0 Å². The van der Waals surface area contributed by atoms with E-state index in [0.717, 1.165) is 17.3 Å². The van der Waals surface area contributed by atoms with Crippen molar-refractivity contribution in [2.45, 2.75) is 64.8 Å². The number of halogens is 1. The Bertz CT molecular complexity index is 1580. The molecule has 220 valence electrons. The molecule has 1 saturated carbocycles. The number of hydrogen-bond donors (Lipinski definition) is 2. The van der Waals surface area contributed by atoms with E-state index in [1.807, 2.05) is 63.4 Å². The lowest BCUT2D eigenvalue weighted by Gasteiger charge is -2.36. The van der Waals surface area contributed by atoms with Crippen LogP contribution < -0.4 is 15.4 Å². The van der Waals surface area contributed by atoms with Crippen LogP contribution in [0, 0.1) is 5.82 Å². The number of rotatable bonds is 9. The van der Waals surface area contributed by atoms with E-state index < -0.39 is 23.5 Å². The van der Waals surface area contributed by atoms with E-state index in [1.165, 1.54) is 12.3 Å². The summed E-state index contributed by atoms with van der Waals surface area (Å²) in [6.45, 7) is 7.63. The van der Waals surface area contributed by atoms with Gasteiger partial charge in [-0.2, -0.15) is 5.10 Å². The maximum absolute atomic E-state index is 14.3. The molecule has 0 saturated heterocycles. The van der Waals surface area contributed by atoms with E-state index in [1.54, 1.807) is 11.4 Å². The quantitative estimate of drug-likeness (QED) is 0.242. The minimum Gasteiger partial charge on any atom is -0.474 e. The lowest BCUT2D eigenvalue weighted by atomic mass is 9.89. The average molecular weight is 576 g/mol. The van der Waals surface area contributed by atoms with Gasteiger partial charge in [0.1, 0.15) is 23.1 Å². The van der Waals surface area contributed by atoms with Gasteiger partial charge in [0.2, 0.25) is 5.88 Å². The Hall–Kier alpha value is -4.67. The lowest BCUT2D eigenvalue weighted by molar-refractivity contribution is 0.0351. The minimum atomic E-state index is -0.576. The largest absolute Gasteiger partial charge is 0.474 e. The number of ether oxygens (including phenoxy) is 3. The summed E-state index contributed by atoms with van der Waals surface area (Å²) in [5.41, 5.74) is 3.34. The van der Waals surface area contributed by atoms with Crippen LogP contribution in [0.5, 0.6) is 5.88 Å².